The number of Topliss-reactive ketones (excluding diaryl/α,β-unsaturated/α-hetero) is 1. The molecule has 0 amide bonds. The van der Waals surface area contributed by atoms with Crippen molar-refractivity contribution in [3.05, 3.63) is 136 Å². The number of carbonyl (C=O) groups excluding carboxylic acids is 1. The van der Waals surface area contributed by atoms with Crippen molar-refractivity contribution >= 4 is 17.4 Å². The number of benzene rings is 4. The summed E-state index contributed by atoms with van der Waals surface area (Å²) in [6, 6.07) is 33.3. The van der Waals surface area contributed by atoms with Crippen LogP contribution >= 0.6 is 11.6 Å². The van der Waals surface area contributed by atoms with E-state index in [1.54, 1.807) is 12.1 Å². The van der Waals surface area contributed by atoms with Crippen molar-refractivity contribution < 1.29 is 28.5 Å². The molecule has 0 N–H and O–H groups in total. The molecule has 5 rings (SSSR count). The van der Waals surface area contributed by atoms with E-state index in [0.717, 1.165) is 28.0 Å². The van der Waals surface area contributed by atoms with Crippen LogP contribution in [0.15, 0.2) is 103 Å². The Bertz CT molecular complexity index is 1540. The normalized spacial score (nSPS) is 17.9. The molecule has 4 aromatic carbocycles. The van der Waals surface area contributed by atoms with E-state index < -0.39 is 17.5 Å². The summed E-state index contributed by atoms with van der Waals surface area (Å²) in [4.78, 5) is 13.6. The maximum Gasteiger partial charge on any atom is 0.163 e. The van der Waals surface area contributed by atoms with Gasteiger partial charge in [-0.1, -0.05) is 84.4 Å². The third kappa shape index (κ3) is 9.27. The Morgan fingerprint density at radius 3 is 2.20 bits per heavy atom. The fourth-order valence-electron chi connectivity index (χ4n) is 5.74. The third-order valence-electron chi connectivity index (χ3n) is 8.01. The molecule has 1 aliphatic rings. The second-order valence-corrected chi connectivity index (χ2v) is 12.6. The van der Waals surface area contributed by atoms with Gasteiger partial charge < -0.3 is 23.7 Å². The van der Waals surface area contributed by atoms with Gasteiger partial charge in [-0.15, -0.1) is 0 Å². The molecule has 6 nitrogen and oxygen atoms in total. The molecule has 0 spiro atoms. The lowest BCUT2D eigenvalue weighted by molar-refractivity contribution is -0.176. The van der Waals surface area contributed by atoms with E-state index in [9.17, 15) is 4.79 Å². The van der Waals surface area contributed by atoms with Crippen LogP contribution in [0.1, 0.15) is 78.7 Å². The minimum Gasteiger partial charge on any atom is -0.494 e. The highest BCUT2D eigenvalue weighted by Gasteiger charge is 2.45. The maximum absolute atomic E-state index is 13.6. The van der Waals surface area contributed by atoms with E-state index >= 15 is 0 Å². The molecule has 1 fully saturated rings. The molecule has 1 aliphatic heterocycles. The van der Waals surface area contributed by atoms with Gasteiger partial charge >= 0.3 is 0 Å². The van der Waals surface area contributed by atoms with Crippen LogP contribution in [0.25, 0.3) is 0 Å². The Balaban J connectivity index is 1.28. The molecule has 0 saturated carbocycles. The molecule has 1 saturated heterocycles. The van der Waals surface area contributed by atoms with E-state index in [-0.39, 0.29) is 5.78 Å². The van der Waals surface area contributed by atoms with Crippen LogP contribution in [0.2, 0.25) is 5.02 Å². The Morgan fingerprint density at radius 2 is 1.57 bits per heavy atom. The van der Waals surface area contributed by atoms with Crippen molar-refractivity contribution in [3.63, 3.8) is 0 Å². The van der Waals surface area contributed by atoms with E-state index in [2.05, 4.69) is 0 Å². The number of ether oxygens (including phenoxy) is 5. The first kappa shape index (κ1) is 33.8. The summed E-state index contributed by atoms with van der Waals surface area (Å²) >= 11 is 6.78. The molecular weight excluding hydrogens is 600 g/mol. The number of carbonyl (C=O) groups is 1. The second-order valence-electron chi connectivity index (χ2n) is 12.1. The lowest BCUT2D eigenvalue weighted by Crippen LogP contribution is -2.39. The quantitative estimate of drug-likeness (QED) is 0.114. The molecule has 7 heteroatoms. The van der Waals surface area contributed by atoms with Crippen molar-refractivity contribution in [2.75, 3.05) is 19.8 Å². The van der Waals surface area contributed by atoms with Crippen LogP contribution in [0.3, 0.4) is 0 Å². The molecule has 2 atom stereocenters. The summed E-state index contributed by atoms with van der Waals surface area (Å²) in [5.41, 5.74) is 3.79. The number of halogens is 1. The molecule has 0 bridgehead atoms. The topological polar surface area (TPSA) is 63.2 Å². The highest BCUT2D eigenvalue weighted by Crippen LogP contribution is 2.37. The maximum atomic E-state index is 13.6. The van der Waals surface area contributed by atoms with Gasteiger partial charge in [0.15, 0.2) is 11.6 Å². The van der Waals surface area contributed by atoms with Crippen molar-refractivity contribution in [3.8, 4) is 5.75 Å². The summed E-state index contributed by atoms with van der Waals surface area (Å²) in [5, 5.41) is 0.539. The van der Waals surface area contributed by atoms with Crippen molar-refractivity contribution in [2.24, 2.45) is 0 Å². The van der Waals surface area contributed by atoms with Gasteiger partial charge in [-0.2, -0.15) is 0 Å². The second kappa shape index (κ2) is 15.9. The summed E-state index contributed by atoms with van der Waals surface area (Å²) in [7, 11) is 0. The van der Waals surface area contributed by atoms with Gasteiger partial charge in [0, 0.05) is 22.6 Å². The van der Waals surface area contributed by atoms with E-state index in [1.165, 1.54) is 0 Å². The molecule has 0 radical (unpaired) electrons. The molecule has 242 valence electrons. The zero-order chi connectivity index (χ0) is 32.4. The molecule has 2 unspecified atom stereocenters. The fourth-order valence-corrected chi connectivity index (χ4v) is 5.96. The SMILES string of the molecule is CCOc1ccc(C(OCc2ccccc2)c2cc(C(=O)CCCC3(COCc4ccccc4)COC(C)(C)O3)ccc2Cl)cc1. The minimum absolute atomic E-state index is 0.0324. The van der Waals surface area contributed by atoms with E-state index in [4.69, 9.17) is 35.3 Å². The van der Waals surface area contributed by atoms with Gasteiger partial charge in [0.25, 0.3) is 0 Å². The van der Waals surface area contributed by atoms with Crippen molar-refractivity contribution in [1.82, 2.24) is 0 Å². The van der Waals surface area contributed by atoms with Crippen LogP contribution in [0.5, 0.6) is 5.75 Å². The van der Waals surface area contributed by atoms with Gasteiger partial charge in [-0.25, -0.2) is 0 Å². The molecular formula is C39H43ClO6. The van der Waals surface area contributed by atoms with Crippen LogP contribution in [0.4, 0.5) is 0 Å². The van der Waals surface area contributed by atoms with Crippen LogP contribution in [-0.2, 0) is 32.2 Å². The van der Waals surface area contributed by atoms with E-state index in [0.29, 0.717) is 62.9 Å². The lowest BCUT2D eigenvalue weighted by Gasteiger charge is -2.29. The Labute approximate surface area is 277 Å². The van der Waals surface area contributed by atoms with Gasteiger partial charge in [0.05, 0.1) is 33.0 Å². The van der Waals surface area contributed by atoms with Gasteiger partial charge in [-0.3, -0.25) is 4.79 Å². The molecule has 0 aromatic heterocycles. The standard InChI is InChI=1S/C39H43ClO6/c1-4-43-33-20-17-31(18-21-33)37(44-26-30-14-9-6-10-15-30)34-24-32(19-22-35(34)40)36(41)16-11-23-39(28-45-38(2,3)46-39)27-42-25-29-12-7-5-8-13-29/h5-10,12-15,17-22,24,37H,4,11,16,23,25-28H2,1-3H3. The van der Waals surface area contributed by atoms with Crippen LogP contribution < -0.4 is 4.74 Å². The predicted octanol–water partition coefficient (Wildman–Crippen LogP) is 9.14. The summed E-state index contributed by atoms with van der Waals surface area (Å²) < 4.78 is 30.5. The van der Waals surface area contributed by atoms with Crippen LogP contribution in [0, 0.1) is 0 Å². The molecule has 46 heavy (non-hydrogen) atoms. The number of hydrogen-bond acceptors (Lipinski definition) is 6. The fraction of sp³-hybridized carbons (Fsp3) is 0.359. The van der Waals surface area contributed by atoms with Gasteiger partial charge in [0.1, 0.15) is 17.5 Å². The summed E-state index contributed by atoms with van der Waals surface area (Å²) in [6.07, 6.45) is 1.13. The summed E-state index contributed by atoms with van der Waals surface area (Å²) in [5.74, 6) is 0.109. The smallest absolute Gasteiger partial charge is 0.163 e. The largest absolute Gasteiger partial charge is 0.494 e. The minimum atomic E-state index is -0.708. The monoisotopic (exact) mass is 642 g/mol. The molecule has 4 aromatic rings. The first-order chi connectivity index (χ1) is 22.3. The average molecular weight is 643 g/mol. The third-order valence-corrected chi connectivity index (χ3v) is 8.36. The van der Waals surface area contributed by atoms with Crippen LogP contribution in [-0.4, -0.2) is 37.0 Å². The Morgan fingerprint density at radius 1 is 0.891 bits per heavy atom. The number of rotatable bonds is 16. The molecule has 1 heterocycles. The lowest BCUT2D eigenvalue weighted by atomic mass is 9.94. The zero-order valence-electron chi connectivity index (χ0n) is 26.9. The predicted molar refractivity (Wildman–Crippen MR) is 180 cm³/mol. The molecule has 0 aliphatic carbocycles. The van der Waals surface area contributed by atoms with Gasteiger partial charge in [-0.05, 0) is 80.6 Å². The number of ketones is 1. The number of hydrogen-bond donors (Lipinski definition) is 0. The zero-order valence-corrected chi connectivity index (χ0v) is 27.6. The van der Waals surface area contributed by atoms with E-state index in [1.807, 2.05) is 112 Å². The Hall–Kier alpha value is -3.52. The Kier molecular flexibility index (Phi) is 11.7. The highest BCUT2D eigenvalue weighted by atomic mass is 35.5. The van der Waals surface area contributed by atoms with Crippen molar-refractivity contribution in [1.29, 1.82) is 0 Å². The highest BCUT2D eigenvalue weighted by molar-refractivity contribution is 6.31. The van der Waals surface area contributed by atoms with Gasteiger partial charge in [0.2, 0.25) is 0 Å². The first-order valence-corrected chi connectivity index (χ1v) is 16.3. The average Bonchev–Trinajstić information content (AvgIpc) is 3.37. The van der Waals surface area contributed by atoms with Crippen molar-refractivity contribution in [2.45, 2.75) is 70.7 Å². The first-order valence-electron chi connectivity index (χ1n) is 15.9. The summed E-state index contributed by atoms with van der Waals surface area (Å²) in [6.45, 7) is 8.03.